The monoisotopic (exact) mass is 415 g/mol. The van der Waals surface area contributed by atoms with Crippen LogP contribution in [0.1, 0.15) is 19.3 Å². The van der Waals surface area contributed by atoms with Crippen molar-refractivity contribution in [2.24, 2.45) is 11.8 Å². The zero-order valence-electron chi connectivity index (χ0n) is 16.3. The van der Waals surface area contributed by atoms with Crippen molar-refractivity contribution in [2.75, 3.05) is 43.5 Å². The molecule has 1 atom stereocenters. The van der Waals surface area contributed by atoms with Crippen molar-refractivity contribution < 1.29 is 9.53 Å². The van der Waals surface area contributed by atoms with Crippen LogP contribution in [0.3, 0.4) is 0 Å². The van der Waals surface area contributed by atoms with Gasteiger partial charge in [0.25, 0.3) is 0 Å². The van der Waals surface area contributed by atoms with Crippen LogP contribution in [0.15, 0.2) is 30.6 Å². The lowest BCUT2D eigenvalue weighted by atomic mass is 10.0. The van der Waals surface area contributed by atoms with Crippen LogP contribution in [-0.4, -0.2) is 48.7 Å². The van der Waals surface area contributed by atoms with E-state index in [1.165, 1.54) is 0 Å². The van der Waals surface area contributed by atoms with Gasteiger partial charge in [0.15, 0.2) is 0 Å². The smallest absolute Gasteiger partial charge is 0.229 e. The van der Waals surface area contributed by atoms with Crippen LogP contribution >= 0.6 is 11.6 Å². The Balaban J connectivity index is 1.46. The van der Waals surface area contributed by atoms with Crippen molar-refractivity contribution in [3.63, 3.8) is 0 Å². The van der Waals surface area contributed by atoms with Gasteiger partial charge in [-0.1, -0.05) is 11.6 Å². The number of aromatic nitrogens is 2. The van der Waals surface area contributed by atoms with Gasteiger partial charge >= 0.3 is 0 Å². The van der Waals surface area contributed by atoms with Gasteiger partial charge in [0.2, 0.25) is 5.91 Å². The number of nitrogens with one attached hydrogen (secondary N) is 3. The summed E-state index contributed by atoms with van der Waals surface area (Å²) < 4.78 is 5.42. The van der Waals surface area contributed by atoms with Crippen molar-refractivity contribution >= 4 is 29.0 Å². The number of hydrogen-bond acceptors (Lipinski definition) is 6. The number of amides is 1. The first-order chi connectivity index (χ1) is 14.2. The van der Waals surface area contributed by atoms with E-state index in [-0.39, 0.29) is 11.8 Å². The molecule has 0 saturated carbocycles. The van der Waals surface area contributed by atoms with Crippen molar-refractivity contribution in [2.45, 2.75) is 19.3 Å². The number of pyridine rings is 2. The number of carbonyl (C=O) groups excluding carboxylic acids is 1. The fourth-order valence-electron chi connectivity index (χ4n) is 3.71. The third kappa shape index (κ3) is 5.23. The number of carbonyl (C=O) groups is 1. The third-order valence-corrected chi connectivity index (χ3v) is 5.81. The summed E-state index contributed by atoms with van der Waals surface area (Å²) in [5.41, 5.74) is 2.49. The van der Waals surface area contributed by atoms with E-state index in [1.807, 2.05) is 12.1 Å². The highest BCUT2D eigenvalue weighted by atomic mass is 35.5. The second-order valence-electron chi connectivity index (χ2n) is 7.59. The molecule has 154 valence electrons. The van der Waals surface area contributed by atoms with Gasteiger partial charge in [-0.25, -0.2) is 4.98 Å². The Kier molecular flexibility index (Phi) is 6.59. The van der Waals surface area contributed by atoms with E-state index in [2.05, 4.69) is 25.9 Å². The molecule has 2 aliphatic heterocycles. The molecule has 2 fully saturated rings. The zero-order valence-corrected chi connectivity index (χ0v) is 17.0. The largest absolute Gasteiger partial charge is 0.385 e. The number of nitrogens with zero attached hydrogens (tertiary/aromatic N) is 2. The minimum absolute atomic E-state index is 0.0180. The van der Waals surface area contributed by atoms with Crippen LogP contribution in [0.25, 0.3) is 11.3 Å². The van der Waals surface area contributed by atoms with Gasteiger partial charge < -0.3 is 20.7 Å². The first-order valence-corrected chi connectivity index (χ1v) is 10.5. The maximum absolute atomic E-state index is 12.4. The highest BCUT2D eigenvalue weighted by molar-refractivity contribution is 6.33. The molecule has 4 heterocycles. The summed E-state index contributed by atoms with van der Waals surface area (Å²) in [6.45, 7) is 4.16. The molecular weight excluding hydrogens is 390 g/mol. The van der Waals surface area contributed by atoms with Crippen LogP contribution in [0.5, 0.6) is 0 Å². The lowest BCUT2D eigenvalue weighted by Gasteiger charge is -2.22. The second kappa shape index (κ2) is 9.52. The zero-order chi connectivity index (χ0) is 20.1. The topological polar surface area (TPSA) is 88.2 Å². The molecule has 8 heteroatoms. The third-order valence-electron chi connectivity index (χ3n) is 5.51. The molecule has 0 radical (unpaired) electrons. The van der Waals surface area contributed by atoms with Gasteiger partial charge in [0, 0.05) is 49.9 Å². The minimum atomic E-state index is -0.0215. The Morgan fingerprint density at radius 2 is 2.10 bits per heavy atom. The van der Waals surface area contributed by atoms with E-state index in [9.17, 15) is 4.79 Å². The van der Waals surface area contributed by atoms with E-state index < -0.39 is 0 Å². The van der Waals surface area contributed by atoms with Crippen LogP contribution in [0.2, 0.25) is 5.02 Å². The molecule has 3 N–H and O–H groups in total. The van der Waals surface area contributed by atoms with Gasteiger partial charge in [-0.2, -0.15) is 0 Å². The summed E-state index contributed by atoms with van der Waals surface area (Å²) in [4.78, 5) is 21.1. The quantitative estimate of drug-likeness (QED) is 0.671. The first kappa shape index (κ1) is 20.1. The fraction of sp³-hybridized carbons (Fsp3) is 0.476. The summed E-state index contributed by atoms with van der Waals surface area (Å²) in [5.74, 6) is 1.07. The summed E-state index contributed by atoms with van der Waals surface area (Å²) in [6, 6.07) is 5.72. The lowest BCUT2D eigenvalue weighted by molar-refractivity contribution is -0.119. The molecule has 0 spiro atoms. The average Bonchev–Trinajstić information content (AvgIpc) is 3.30. The van der Waals surface area contributed by atoms with Gasteiger partial charge in [-0.3, -0.25) is 9.78 Å². The molecule has 2 aromatic rings. The second-order valence-corrected chi connectivity index (χ2v) is 8.00. The number of hydrogen-bond donors (Lipinski definition) is 3. The molecule has 0 aliphatic carbocycles. The molecular formula is C21H26ClN5O2. The van der Waals surface area contributed by atoms with Gasteiger partial charge in [0.05, 0.1) is 16.6 Å². The number of ether oxygens (including phenoxy) is 1. The Bertz CT molecular complexity index is 851. The average molecular weight is 416 g/mol. The lowest BCUT2D eigenvalue weighted by Crippen LogP contribution is -2.25. The van der Waals surface area contributed by atoms with E-state index in [1.54, 1.807) is 18.5 Å². The Morgan fingerprint density at radius 1 is 1.24 bits per heavy atom. The predicted molar refractivity (Wildman–Crippen MR) is 114 cm³/mol. The van der Waals surface area contributed by atoms with Crippen molar-refractivity contribution in [1.82, 2.24) is 15.3 Å². The molecule has 0 bridgehead atoms. The summed E-state index contributed by atoms with van der Waals surface area (Å²) >= 11 is 6.39. The van der Waals surface area contributed by atoms with Gasteiger partial charge in [-0.05, 0) is 49.9 Å². The van der Waals surface area contributed by atoms with Gasteiger partial charge in [0.1, 0.15) is 5.82 Å². The van der Waals surface area contributed by atoms with Crippen LogP contribution < -0.4 is 16.0 Å². The highest BCUT2D eigenvalue weighted by Crippen LogP contribution is 2.29. The number of anilines is 2. The molecule has 1 amide bonds. The molecule has 29 heavy (non-hydrogen) atoms. The molecule has 7 nitrogen and oxygen atoms in total. The molecule has 2 saturated heterocycles. The maximum Gasteiger partial charge on any atom is 0.229 e. The highest BCUT2D eigenvalue weighted by Gasteiger charge is 2.23. The van der Waals surface area contributed by atoms with Crippen molar-refractivity contribution in [3.8, 4) is 11.3 Å². The molecule has 0 aromatic carbocycles. The molecule has 2 aromatic heterocycles. The Hall–Kier alpha value is -2.22. The predicted octanol–water partition coefficient (Wildman–Crippen LogP) is 3.18. The summed E-state index contributed by atoms with van der Waals surface area (Å²) in [6.07, 6.45) is 6.33. The fourth-order valence-corrected chi connectivity index (χ4v) is 3.91. The van der Waals surface area contributed by atoms with Crippen molar-refractivity contribution in [3.05, 3.63) is 35.6 Å². The number of halogens is 1. The minimum Gasteiger partial charge on any atom is -0.385 e. The normalized spacial score (nSPS) is 19.8. The first-order valence-electron chi connectivity index (χ1n) is 10.1. The Morgan fingerprint density at radius 3 is 2.90 bits per heavy atom. The van der Waals surface area contributed by atoms with Crippen molar-refractivity contribution in [1.29, 1.82) is 0 Å². The van der Waals surface area contributed by atoms with Gasteiger partial charge in [-0.15, -0.1) is 0 Å². The summed E-state index contributed by atoms with van der Waals surface area (Å²) in [7, 11) is 0. The standard InChI is InChI=1S/C21H26ClN5O2/c22-18-13-26-20(27-21(28)15-1-5-23-12-15)10-17(18)19-9-16(2-6-24-19)25-11-14-3-7-29-8-4-14/h2,6,9-10,13-15,23H,1,3-5,7-8,11-12H2,(H,24,25)(H,26,27,28). The molecule has 4 rings (SSSR count). The SMILES string of the molecule is O=C(Nc1cc(-c2cc(NCC3CCOCC3)ccn2)c(Cl)cn1)C1CCNC1. The van der Waals surface area contributed by atoms with Crippen LogP contribution in [0, 0.1) is 11.8 Å². The number of rotatable bonds is 6. The van der Waals surface area contributed by atoms with E-state index in [4.69, 9.17) is 16.3 Å². The van der Waals surface area contributed by atoms with E-state index >= 15 is 0 Å². The Labute approximate surface area is 175 Å². The van der Waals surface area contributed by atoms with E-state index in [0.29, 0.717) is 23.3 Å². The van der Waals surface area contributed by atoms with Crippen LogP contribution in [-0.2, 0) is 9.53 Å². The maximum atomic E-state index is 12.4. The molecule has 1 unspecified atom stereocenters. The summed E-state index contributed by atoms with van der Waals surface area (Å²) in [5, 5.41) is 10.1. The molecule has 2 aliphatic rings. The van der Waals surface area contributed by atoms with E-state index in [0.717, 1.165) is 62.5 Å². The van der Waals surface area contributed by atoms with Crippen LogP contribution in [0.4, 0.5) is 11.5 Å².